The summed E-state index contributed by atoms with van der Waals surface area (Å²) in [4.78, 5) is 24.0. The Kier molecular flexibility index (Phi) is 4.34. The molecule has 142 valence electrons. The molecule has 0 aliphatic carbocycles. The Morgan fingerprint density at radius 3 is 2.46 bits per heavy atom. The molecule has 4 aromatic rings. The van der Waals surface area contributed by atoms with Crippen molar-refractivity contribution in [3.05, 3.63) is 82.2 Å². The van der Waals surface area contributed by atoms with Gasteiger partial charge in [-0.3, -0.25) is 4.79 Å². The summed E-state index contributed by atoms with van der Waals surface area (Å²) in [5.74, 6) is -0.265. The number of hydrogen-bond acceptors (Lipinski definition) is 3. The Morgan fingerprint density at radius 1 is 1.07 bits per heavy atom. The number of aromatic amines is 1. The van der Waals surface area contributed by atoms with Crippen molar-refractivity contribution in [1.82, 2.24) is 19.5 Å². The Balaban J connectivity index is 1.70. The molecule has 0 fully saturated rings. The zero-order valence-corrected chi connectivity index (χ0v) is 16.0. The summed E-state index contributed by atoms with van der Waals surface area (Å²) in [6.45, 7) is 7.02. The van der Waals surface area contributed by atoms with E-state index in [-0.39, 0.29) is 22.4 Å². The SMILES string of the molecule is CC(C)(C)c1ccc(Cn2cnc3nc(-c4ccccc4F)[nH]c(=O)c32)cc1. The van der Waals surface area contributed by atoms with Crippen molar-refractivity contribution in [2.75, 3.05) is 0 Å². The molecular formula is C22H21FN4O. The molecule has 4 rings (SSSR count). The standard InChI is InChI=1S/C22H21FN4O/c1-22(2,3)15-10-8-14(9-11-15)12-27-13-24-20-18(27)21(28)26-19(25-20)16-6-4-5-7-17(16)23/h4-11,13H,12H2,1-3H3,(H,25,26,28). The highest BCUT2D eigenvalue weighted by Crippen LogP contribution is 2.23. The van der Waals surface area contributed by atoms with Crippen LogP contribution in [-0.2, 0) is 12.0 Å². The van der Waals surface area contributed by atoms with E-state index in [9.17, 15) is 9.18 Å². The molecule has 2 heterocycles. The lowest BCUT2D eigenvalue weighted by Crippen LogP contribution is -2.14. The van der Waals surface area contributed by atoms with Crippen molar-refractivity contribution in [2.45, 2.75) is 32.7 Å². The van der Waals surface area contributed by atoms with Crippen molar-refractivity contribution >= 4 is 11.2 Å². The van der Waals surface area contributed by atoms with Crippen LogP contribution in [0.15, 0.2) is 59.7 Å². The third-order valence-electron chi connectivity index (χ3n) is 4.78. The fourth-order valence-corrected chi connectivity index (χ4v) is 3.19. The van der Waals surface area contributed by atoms with Crippen LogP contribution in [0.5, 0.6) is 0 Å². The predicted molar refractivity (Wildman–Crippen MR) is 108 cm³/mol. The summed E-state index contributed by atoms with van der Waals surface area (Å²) in [5.41, 5.74) is 2.98. The van der Waals surface area contributed by atoms with E-state index < -0.39 is 5.82 Å². The van der Waals surface area contributed by atoms with E-state index in [0.29, 0.717) is 17.7 Å². The minimum Gasteiger partial charge on any atom is -0.320 e. The van der Waals surface area contributed by atoms with Gasteiger partial charge in [0.05, 0.1) is 11.9 Å². The van der Waals surface area contributed by atoms with Crippen LogP contribution in [0.2, 0.25) is 0 Å². The summed E-state index contributed by atoms with van der Waals surface area (Å²) in [7, 11) is 0. The van der Waals surface area contributed by atoms with Gasteiger partial charge in [0.2, 0.25) is 0 Å². The summed E-state index contributed by atoms with van der Waals surface area (Å²) < 4.78 is 15.8. The van der Waals surface area contributed by atoms with Gasteiger partial charge in [0.25, 0.3) is 5.56 Å². The largest absolute Gasteiger partial charge is 0.320 e. The minimum absolute atomic E-state index is 0.0877. The fourth-order valence-electron chi connectivity index (χ4n) is 3.19. The maximum atomic E-state index is 14.0. The zero-order valence-electron chi connectivity index (χ0n) is 16.0. The first-order chi connectivity index (χ1) is 13.3. The van der Waals surface area contributed by atoms with E-state index in [1.54, 1.807) is 29.1 Å². The lowest BCUT2D eigenvalue weighted by molar-refractivity contribution is 0.590. The van der Waals surface area contributed by atoms with Crippen LogP contribution in [0.25, 0.3) is 22.6 Å². The zero-order chi connectivity index (χ0) is 19.9. The molecule has 6 heteroatoms. The highest BCUT2D eigenvalue weighted by molar-refractivity contribution is 5.72. The third-order valence-corrected chi connectivity index (χ3v) is 4.78. The monoisotopic (exact) mass is 376 g/mol. The number of rotatable bonds is 3. The van der Waals surface area contributed by atoms with Gasteiger partial charge in [-0.1, -0.05) is 57.2 Å². The molecule has 1 N–H and O–H groups in total. The molecule has 0 spiro atoms. The normalized spacial score (nSPS) is 11.9. The molecule has 0 saturated carbocycles. The average molecular weight is 376 g/mol. The summed E-state index contributed by atoms with van der Waals surface area (Å²) >= 11 is 0. The second-order valence-electron chi connectivity index (χ2n) is 7.89. The maximum absolute atomic E-state index is 14.0. The fraction of sp³-hybridized carbons (Fsp3) is 0.227. The number of benzene rings is 2. The molecule has 0 bridgehead atoms. The molecule has 2 aromatic carbocycles. The van der Waals surface area contributed by atoms with Gasteiger partial charge < -0.3 is 9.55 Å². The summed E-state index contributed by atoms with van der Waals surface area (Å²) in [6.07, 6.45) is 1.59. The minimum atomic E-state index is -0.441. The lowest BCUT2D eigenvalue weighted by Gasteiger charge is -2.19. The number of hydrogen-bond donors (Lipinski definition) is 1. The third kappa shape index (κ3) is 3.33. The van der Waals surface area contributed by atoms with Crippen molar-refractivity contribution in [3.63, 3.8) is 0 Å². The average Bonchev–Trinajstić information content (AvgIpc) is 3.05. The van der Waals surface area contributed by atoms with Crippen LogP contribution in [0.4, 0.5) is 4.39 Å². The smallest absolute Gasteiger partial charge is 0.277 e. The Hall–Kier alpha value is -3.28. The molecule has 0 radical (unpaired) electrons. The molecule has 0 atom stereocenters. The first kappa shape index (κ1) is 18.1. The first-order valence-electron chi connectivity index (χ1n) is 9.12. The van der Waals surface area contributed by atoms with Crippen molar-refractivity contribution in [1.29, 1.82) is 0 Å². The number of H-pyrrole nitrogens is 1. The van der Waals surface area contributed by atoms with E-state index in [0.717, 1.165) is 5.56 Å². The lowest BCUT2D eigenvalue weighted by atomic mass is 9.87. The van der Waals surface area contributed by atoms with Gasteiger partial charge in [-0.15, -0.1) is 0 Å². The van der Waals surface area contributed by atoms with Crippen molar-refractivity contribution < 1.29 is 4.39 Å². The maximum Gasteiger partial charge on any atom is 0.277 e. The van der Waals surface area contributed by atoms with Crippen LogP contribution in [-0.4, -0.2) is 19.5 Å². The van der Waals surface area contributed by atoms with Crippen LogP contribution in [0.3, 0.4) is 0 Å². The van der Waals surface area contributed by atoms with Gasteiger partial charge in [0.1, 0.15) is 11.6 Å². The molecular weight excluding hydrogens is 355 g/mol. The van der Waals surface area contributed by atoms with E-state index in [2.05, 4.69) is 60.0 Å². The van der Waals surface area contributed by atoms with Crippen molar-refractivity contribution in [3.8, 4) is 11.4 Å². The number of aromatic nitrogens is 4. The van der Waals surface area contributed by atoms with E-state index in [1.165, 1.54) is 11.6 Å². The second kappa shape index (κ2) is 6.71. The second-order valence-corrected chi connectivity index (χ2v) is 7.89. The van der Waals surface area contributed by atoms with E-state index in [1.807, 2.05) is 0 Å². The topological polar surface area (TPSA) is 63.6 Å². The molecule has 5 nitrogen and oxygen atoms in total. The van der Waals surface area contributed by atoms with Crippen LogP contribution < -0.4 is 5.56 Å². The van der Waals surface area contributed by atoms with Gasteiger partial charge in [-0.05, 0) is 28.7 Å². The van der Waals surface area contributed by atoms with Crippen LogP contribution in [0, 0.1) is 5.82 Å². The molecule has 2 aromatic heterocycles. The van der Waals surface area contributed by atoms with Crippen molar-refractivity contribution in [2.24, 2.45) is 0 Å². The molecule has 0 unspecified atom stereocenters. The predicted octanol–water partition coefficient (Wildman–Crippen LogP) is 4.27. The Morgan fingerprint density at radius 2 is 1.79 bits per heavy atom. The number of imidazole rings is 1. The first-order valence-corrected chi connectivity index (χ1v) is 9.12. The van der Waals surface area contributed by atoms with Gasteiger partial charge in [-0.2, -0.15) is 0 Å². The van der Waals surface area contributed by atoms with E-state index >= 15 is 0 Å². The quantitative estimate of drug-likeness (QED) is 0.581. The van der Waals surface area contributed by atoms with E-state index in [4.69, 9.17) is 0 Å². The number of halogens is 1. The molecule has 28 heavy (non-hydrogen) atoms. The molecule has 0 saturated heterocycles. The number of fused-ring (bicyclic) bond motifs is 1. The van der Waals surface area contributed by atoms with Gasteiger partial charge in [0.15, 0.2) is 11.2 Å². The highest BCUT2D eigenvalue weighted by atomic mass is 19.1. The Labute approximate surface area is 161 Å². The highest BCUT2D eigenvalue weighted by Gasteiger charge is 2.15. The summed E-state index contributed by atoms with van der Waals surface area (Å²) in [6, 6.07) is 14.5. The number of nitrogens with zero attached hydrogens (tertiary/aromatic N) is 3. The number of nitrogens with one attached hydrogen (secondary N) is 1. The van der Waals surface area contributed by atoms with Gasteiger partial charge >= 0.3 is 0 Å². The van der Waals surface area contributed by atoms with Gasteiger partial charge in [0, 0.05) is 6.54 Å². The van der Waals surface area contributed by atoms with Crippen LogP contribution in [0.1, 0.15) is 31.9 Å². The Bertz CT molecular complexity index is 1200. The van der Waals surface area contributed by atoms with Gasteiger partial charge in [-0.25, -0.2) is 14.4 Å². The molecule has 0 aliphatic heterocycles. The molecule has 0 aliphatic rings. The van der Waals surface area contributed by atoms with Crippen LogP contribution >= 0.6 is 0 Å². The molecule has 0 amide bonds. The summed E-state index contributed by atoms with van der Waals surface area (Å²) in [5, 5.41) is 0.